The number of amides is 3. The van der Waals surface area contributed by atoms with Crippen LogP contribution >= 0.6 is 11.6 Å². The number of piperidine rings is 1. The number of alkyl halides is 2. The largest absolute Gasteiger partial charge is 0.348 e. The summed E-state index contributed by atoms with van der Waals surface area (Å²) in [5.41, 5.74) is -1.01. The molecule has 38 heavy (non-hydrogen) atoms. The molecular formula is C21H21ClF5N5O5S. The number of carbonyl (C=O) groups excluding carboxylic acids is 3. The second kappa shape index (κ2) is 10.9. The van der Waals surface area contributed by atoms with Gasteiger partial charge >= 0.3 is 11.8 Å². The molecule has 0 aliphatic carbocycles. The molecule has 0 saturated carbocycles. The van der Waals surface area contributed by atoms with Crippen LogP contribution in [0.3, 0.4) is 0 Å². The lowest BCUT2D eigenvalue weighted by atomic mass is 10.0. The molecule has 3 N–H and O–H groups in total. The minimum atomic E-state index is -4.77. The number of rotatable bonds is 6. The lowest BCUT2D eigenvalue weighted by molar-refractivity contribution is -0.153. The molecule has 1 aromatic heterocycles. The number of anilines is 1. The van der Waals surface area contributed by atoms with Crippen molar-refractivity contribution in [2.75, 3.05) is 25.0 Å². The van der Waals surface area contributed by atoms with Crippen molar-refractivity contribution in [2.45, 2.75) is 30.2 Å². The van der Waals surface area contributed by atoms with Crippen molar-refractivity contribution in [1.29, 1.82) is 0 Å². The van der Waals surface area contributed by atoms with E-state index in [0.717, 1.165) is 10.8 Å². The highest BCUT2D eigenvalue weighted by Gasteiger charge is 2.48. The summed E-state index contributed by atoms with van der Waals surface area (Å²) in [5, 5.41) is 3.55. The highest BCUT2D eigenvalue weighted by molar-refractivity contribution is 7.89. The van der Waals surface area contributed by atoms with Gasteiger partial charge in [-0.2, -0.15) is 0 Å². The van der Waals surface area contributed by atoms with Gasteiger partial charge < -0.3 is 20.1 Å². The Balaban J connectivity index is 1.80. The van der Waals surface area contributed by atoms with Crippen molar-refractivity contribution >= 4 is 45.0 Å². The zero-order valence-electron chi connectivity index (χ0n) is 19.7. The topological polar surface area (TPSA) is 130 Å². The number of nitrogens with zero attached hydrogens (tertiary/aromatic N) is 2. The minimum Gasteiger partial charge on any atom is -0.348 e. The van der Waals surface area contributed by atoms with Gasteiger partial charge in [0, 0.05) is 44.2 Å². The Hall–Kier alpha value is -3.24. The number of carbonyl (C=O) groups is 3. The van der Waals surface area contributed by atoms with Crippen LogP contribution in [0.25, 0.3) is 0 Å². The van der Waals surface area contributed by atoms with E-state index in [1.807, 2.05) is 10.0 Å². The normalized spacial score (nSPS) is 17.3. The molecule has 1 aromatic carbocycles. The fraction of sp³-hybridized carbons (Fsp3) is 0.381. The summed E-state index contributed by atoms with van der Waals surface area (Å²) in [4.78, 5) is 36.2. The Morgan fingerprint density at radius 2 is 1.76 bits per heavy atom. The van der Waals surface area contributed by atoms with E-state index >= 15 is 0 Å². The lowest BCUT2D eigenvalue weighted by Gasteiger charge is -2.38. The average Bonchev–Trinajstić information content (AvgIpc) is 3.12. The van der Waals surface area contributed by atoms with E-state index in [9.17, 15) is 44.8 Å². The summed E-state index contributed by atoms with van der Waals surface area (Å²) < 4.78 is 98.2. The average molecular weight is 586 g/mol. The highest BCUT2D eigenvalue weighted by atomic mass is 35.5. The van der Waals surface area contributed by atoms with Gasteiger partial charge in [0.25, 0.3) is 11.8 Å². The lowest BCUT2D eigenvalue weighted by Crippen LogP contribution is -2.60. The van der Waals surface area contributed by atoms with Crippen LogP contribution in [0.4, 0.5) is 27.6 Å². The van der Waals surface area contributed by atoms with Crippen LogP contribution < -0.4 is 15.4 Å². The van der Waals surface area contributed by atoms with Crippen LogP contribution in [0.5, 0.6) is 0 Å². The van der Waals surface area contributed by atoms with Gasteiger partial charge in [-0.25, -0.2) is 35.1 Å². The first-order chi connectivity index (χ1) is 17.6. The van der Waals surface area contributed by atoms with Crippen LogP contribution in [0.15, 0.2) is 23.2 Å². The molecule has 0 radical (unpaired) electrons. The van der Waals surface area contributed by atoms with Crippen LogP contribution in [0.2, 0.25) is 5.02 Å². The van der Waals surface area contributed by atoms with Gasteiger partial charge in [-0.15, -0.1) is 0 Å². The number of nitrogens with one attached hydrogen (secondary N) is 3. The van der Waals surface area contributed by atoms with Crippen LogP contribution in [-0.4, -0.2) is 67.2 Å². The molecule has 1 atom stereocenters. The first-order valence-corrected chi connectivity index (χ1v) is 12.7. The fourth-order valence-corrected chi connectivity index (χ4v) is 5.72. The first-order valence-electron chi connectivity index (χ1n) is 10.9. The second-order valence-corrected chi connectivity index (χ2v) is 10.3. The maximum atomic E-state index is 14.8. The Bertz CT molecular complexity index is 1380. The first kappa shape index (κ1) is 29.3. The van der Waals surface area contributed by atoms with Crippen LogP contribution in [-0.2, 0) is 26.7 Å². The van der Waals surface area contributed by atoms with E-state index in [0.29, 0.717) is 17.0 Å². The molecule has 1 saturated heterocycles. The van der Waals surface area contributed by atoms with Gasteiger partial charge in [-0.1, -0.05) is 11.6 Å². The number of halogens is 6. The van der Waals surface area contributed by atoms with Gasteiger partial charge in [-0.3, -0.25) is 14.4 Å². The van der Waals surface area contributed by atoms with Crippen LogP contribution in [0.1, 0.15) is 23.8 Å². The zero-order chi connectivity index (χ0) is 28.6. The molecule has 1 fully saturated rings. The smallest absolute Gasteiger partial charge is 0.312 e. The molecule has 0 bridgehead atoms. The molecule has 0 spiro atoms. The molecule has 10 nitrogen and oxygen atoms in total. The number of sulfonamides is 1. The number of aryl methyl sites for hydroxylation is 1. The van der Waals surface area contributed by atoms with Gasteiger partial charge in [0.05, 0.1) is 17.6 Å². The predicted octanol–water partition coefficient (Wildman–Crippen LogP) is 2.00. The molecule has 17 heteroatoms. The number of likely N-dealkylation sites (N-methyl/N-ethyl adjacent to an activating group) is 1. The maximum absolute atomic E-state index is 14.8. The maximum Gasteiger partial charge on any atom is 0.312 e. The van der Waals surface area contributed by atoms with Crippen molar-refractivity contribution in [3.63, 3.8) is 0 Å². The number of hydrogen-bond acceptors (Lipinski definition) is 5. The van der Waals surface area contributed by atoms with E-state index in [1.54, 1.807) is 0 Å². The molecule has 208 valence electrons. The third-order valence-corrected chi connectivity index (χ3v) is 7.53. The van der Waals surface area contributed by atoms with Crippen molar-refractivity contribution in [3.05, 3.63) is 46.5 Å². The number of likely N-dealkylation sites (tertiary alicyclic amines) is 1. The van der Waals surface area contributed by atoms with Gasteiger partial charge in [-0.05, 0) is 13.3 Å². The summed E-state index contributed by atoms with van der Waals surface area (Å²) in [6.45, 7) is 0.0660. The Kier molecular flexibility index (Phi) is 8.38. The summed E-state index contributed by atoms with van der Waals surface area (Å²) in [5.74, 6) is -12.1. The predicted molar refractivity (Wildman–Crippen MR) is 124 cm³/mol. The number of benzene rings is 1. The van der Waals surface area contributed by atoms with E-state index in [1.165, 1.54) is 14.0 Å². The molecule has 3 rings (SSSR count). The second-order valence-electron chi connectivity index (χ2n) is 8.28. The Morgan fingerprint density at radius 1 is 1.16 bits per heavy atom. The molecule has 1 aliphatic rings. The third-order valence-electron chi connectivity index (χ3n) is 5.55. The van der Waals surface area contributed by atoms with Gasteiger partial charge in [0.15, 0.2) is 17.5 Å². The summed E-state index contributed by atoms with van der Waals surface area (Å²) in [6, 6.07) is -1.01. The number of aromatic nitrogens is 1. The van der Waals surface area contributed by atoms with Crippen molar-refractivity contribution in [1.82, 2.24) is 19.5 Å². The molecule has 2 aromatic rings. The minimum absolute atomic E-state index is 0.104. The quantitative estimate of drug-likeness (QED) is 0.271. The van der Waals surface area contributed by atoms with E-state index in [4.69, 9.17) is 11.6 Å². The van der Waals surface area contributed by atoms with Gasteiger partial charge in [0.2, 0.25) is 10.0 Å². The molecule has 3 amide bonds. The van der Waals surface area contributed by atoms with Crippen molar-refractivity contribution in [2.24, 2.45) is 7.05 Å². The SMILES string of the molecule is CCNC(=O)C(=O)N1CC[C@@H](NS(=O)(=O)c2cn(C)c(C(=O)Nc3cc(F)c(F)c(F)c3)c2Cl)C(F)(F)C1. The molecule has 2 heterocycles. The highest BCUT2D eigenvalue weighted by Crippen LogP contribution is 2.32. The van der Waals surface area contributed by atoms with Crippen LogP contribution in [0, 0.1) is 17.5 Å². The summed E-state index contributed by atoms with van der Waals surface area (Å²) in [6.07, 6.45) is 0.314. The summed E-state index contributed by atoms with van der Waals surface area (Å²) in [7, 11) is -3.57. The number of hydrogen-bond donors (Lipinski definition) is 3. The zero-order valence-corrected chi connectivity index (χ0v) is 21.3. The Morgan fingerprint density at radius 3 is 2.32 bits per heavy atom. The van der Waals surface area contributed by atoms with E-state index < -0.39 is 91.4 Å². The van der Waals surface area contributed by atoms with Gasteiger partial charge in [0.1, 0.15) is 10.6 Å². The molecular weight excluding hydrogens is 565 g/mol. The van der Waals surface area contributed by atoms with E-state index in [2.05, 4.69) is 5.32 Å². The molecule has 1 aliphatic heterocycles. The third kappa shape index (κ3) is 5.91. The van der Waals surface area contributed by atoms with Crippen molar-refractivity contribution in [3.8, 4) is 0 Å². The molecule has 0 unspecified atom stereocenters. The monoisotopic (exact) mass is 585 g/mol. The summed E-state index contributed by atoms with van der Waals surface area (Å²) >= 11 is 6.09. The Labute approximate surface area is 218 Å². The standard InChI is InChI=1S/C21H21ClF5N5O5S/c1-3-28-19(34)20(35)32-5-4-14(21(26,27)9-32)30-38(36,37)13-8-31(2)17(15(13)22)18(33)29-10-6-11(23)16(25)12(24)7-10/h6-8,14,30H,3-5,9H2,1-2H3,(H,28,34)(H,29,33)/t14-/m1/s1. The van der Waals surface area contributed by atoms with E-state index in [-0.39, 0.29) is 13.1 Å². The fourth-order valence-electron chi connectivity index (χ4n) is 3.72. The van der Waals surface area contributed by atoms with Crippen molar-refractivity contribution < 1.29 is 44.8 Å².